The van der Waals surface area contributed by atoms with Gasteiger partial charge in [0.25, 0.3) is 0 Å². The van der Waals surface area contributed by atoms with Gasteiger partial charge in [0.2, 0.25) is 27.9 Å². The van der Waals surface area contributed by atoms with Crippen molar-refractivity contribution in [2.45, 2.75) is 13.8 Å². The van der Waals surface area contributed by atoms with Gasteiger partial charge in [-0.2, -0.15) is 15.0 Å². The molecule has 0 aliphatic rings. The van der Waals surface area contributed by atoms with E-state index in [0.717, 1.165) is 0 Å². The Balaban J connectivity index is 2.73. The minimum atomic E-state index is -3.26. The van der Waals surface area contributed by atoms with Crippen LogP contribution in [0.15, 0.2) is 0 Å². The predicted molar refractivity (Wildman–Crippen MR) is 84.3 cm³/mol. The van der Waals surface area contributed by atoms with Crippen LogP contribution in [0.25, 0.3) is 0 Å². The Morgan fingerprint density at radius 1 is 1.00 bits per heavy atom. The van der Waals surface area contributed by atoms with Gasteiger partial charge >= 0.3 is 0 Å². The highest BCUT2D eigenvalue weighted by Crippen LogP contribution is 2.11. The standard InChI is InChI=1S/C11H23N7O2S/c1-5-12-9-15-10(17-11(16-9)18(3)4)13-7-8-21(19,20)14-6-2/h14H,5-8H2,1-4H3,(H2,12,13,15,16,17). The van der Waals surface area contributed by atoms with Crippen molar-refractivity contribution in [3.05, 3.63) is 0 Å². The summed E-state index contributed by atoms with van der Waals surface area (Å²) in [6.07, 6.45) is 0. The van der Waals surface area contributed by atoms with Crippen molar-refractivity contribution >= 4 is 27.9 Å². The highest BCUT2D eigenvalue weighted by Gasteiger charge is 2.10. The molecule has 0 radical (unpaired) electrons. The van der Waals surface area contributed by atoms with Crippen molar-refractivity contribution in [1.29, 1.82) is 0 Å². The van der Waals surface area contributed by atoms with Crippen LogP contribution in [-0.2, 0) is 10.0 Å². The van der Waals surface area contributed by atoms with Crippen LogP contribution in [-0.4, -0.2) is 62.9 Å². The molecule has 0 spiro atoms. The number of rotatable bonds is 9. The van der Waals surface area contributed by atoms with E-state index < -0.39 is 10.0 Å². The van der Waals surface area contributed by atoms with Crippen LogP contribution >= 0.6 is 0 Å². The third-order valence-corrected chi connectivity index (χ3v) is 3.85. The zero-order valence-corrected chi connectivity index (χ0v) is 13.7. The smallest absolute Gasteiger partial charge is 0.231 e. The summed E-state index contributed by atoms with van der Waals surface area (Å²) in [6, 6.07) is 0. The maximum absolute atomic E-state index is 11.5. The Kier molecular flexibility index (Phi) is 6.56. The summed E-state index contributed by atoms with van der Waals surface area (Å²) in [7, 11) is 0.389. The van der Waals surface area contributed by atoms with E-state index in [0.29, 0.717) is 30.9 Å². The van der Waals surface area contributed by atoms with E-state index in [-0.39, 0.29) is 12.3 Å². The number of aromatic nitrogens is 3. The van der Waals surface area contributed by atoms with Crippen LogP contribution in [0.4, 0.5) is 17.8 Å². The van der Waals surface area contributed by atoms with E-state index in [1.165, 1.54) is 0 Å². The van der Waals surface area contributed by atoms with Gasteiger partial charge in [-0.1, -0.05) is 6.92 Å². The molecule has 0 unspecified atom stereocenters. The minimum Gasteiger partial charge on any atom is -0.354 e. The monoisotopic (exact) mass is 317 g/mol. The first-order chi connectivity index (χ1) is 9.88. The highest BCUT2D eigenvalue weighted by atomic mass is 32.2. The molecule has 0 aromatic carbocycles. The lowest BCUT2D eigenvalue weighted by atomic mass is 10.7. The third-order valence-electron chi connectivity index (χ3n) is 2.38. The van der Waals surface area contributed by atoms with Crippen molar-refractivity contribution in [3.8, 4) is 0 Å². The summed E-state index contributed by atoms with van der Waals surface area (Å²) in [4.78, 5) is 14.4. The van der Waals surface area contributed by atoms with E-state index in [1.807, 2.05) is 21.0 Å². The Bertz CT molecular complexity index is 548. The van der Waals surface area contributed by atoms with Crippen molar-refractivity contribution < 1.29 is 8.42 Å². The lowest BCUT2D eigenvalue weighted by molar-refractivity contribution is 0.584. The SMILES string of the molecule is CCNc1nc(NCCS(=O)(=O)NCC)nc(N(C)C)n1. The van der Waals surface area contributed by atoms with Gasteiger partial charge in [-0.25, -0.2) is 13.1 Å². The molecule has 0 saturated carbocycles. The fraction of sp³-hybridized carbons (Fsp3) is 0.727. The summed E-state index contributed by atoms with van der Waals surface area (Å²) < 4.78 is 25.5. The Labute approximate surface area is 125 Å². The van der Waals surface area contributed by atoms with Gasteiger partial charge in [0.05, 0.1) is 5.75 Å². The van der Waals surface area contributed by atoms with E-state index in [2.05, 4.69) is 30.3 Å². The van der Waals surface area contributed by atoms with Gasteiger partial charge in [-0.3, -0.25) is 0 Å². The van der Waals surface area contributed by atoms with Crippen molar-refractivity contribution in [2.75, 3.05) is 55.0 Å². The molecule has 0 amide bonds. The number of hydrogen-bond acceptors (Lipinski definition) is 8. The molecule has 0 saturated heterocycles. The number of nitrogens with one attached hydrogen (secondary N) is 3. The second-order valence-corrected chi connectivity index (χ2v) is 6.38. The molecule has 10 heteroatoms. The van der Waals surface area contributed by atoms with E-state index in [4.69, 9.17) is 0 Å². The predicted octanol–water partition coefficient (Wildman–Crippen LogP) is -0.279. The van der Waals surface area contributed by atoms with Crippen molar-refractivity contribution in [1.82, 2.24) is 19.7 Å². The normalized spacial score (nSPS) is 11.2. The maximum atomic E-state index is 11.5. The molecule has 3 N–H and O–H groups in total. The minimum absolute atomic E-state index is 0.0413. The van der Waals surface area contributed by atoms with Crippen LogP contribution in [0.5, 0.6) is 0 Å². The molecule has 0 aliphatic carbocycles. The van der Waals surface area contributed by atoms with Gasteiger partial charge in [-0.15, -0.1) is 0 Å². The first kappa shape index (κ1) is 17.4. The molecular formula is C11H23N7O2S. The molecule has 21 heavy (non-hydrogen) atoms. The molecule has 1 rings (SSSR count). The summed E-state index contributed by atoms with van der Waals surface area (Å²) in [5.74, 6) is 1.25. The van der Waals surface area contributed by atoms with Gasteiger partial charge < -0.3 is 15.5 Å². The van der Waals surface area contributed by atoms with Crippen molar-refractivity contribution in [3.63, 3.8) is 0 Å². The number of sulfonamides is 1. The quantitative estimate of drug-likeness (QED) is 0.570. The zero-order chi connectivity index (χ0) is 15.9. The van der Waals surface area contributed by atoms with Crippen LogP contribution in [0.1, 0.15) is 13.8 Å². The largest absolute Gasteiger partial charge is 0.354 e. The second kappa shape index (κ2) is 7.93. The number of nitrogens with zero attached hydrogens (tertiary/aromatic N) is 4. The molecule has 0 aliphatic heterocycles. The zero-order valence-electron chi connectivity index (χ0n) is 12.8. The molecule has 0 fully saturated rings. The number of anilines is 3. The fourth-order valence-corrected chi connectivity index (χ4v) is 2.43. The molecule has 1 aromatic heterocycles. The van der Waals surface area contributed by atoms with Gasteiger partial charge in [0.15, 0.2) is 0 Å². The second-order valence-electron chi connectivity index (χ2n) is 4.45. The first-order valence-electron chi connectivity index (χ1n) is 6.76. The Morgan fingerprint density at radius 2 is 1.62 bits per heavy atom. The lowest BCUT2D eigenvalue weighted by Crippen LogP contribution is -2.29. The summed E-state index contributed by atoms with van der Waals surface area (Å²) >= 11 is 0. The van der Waals surface area contributed by atoms with Crippen LogP contribution in [0.2, 0.25) is 0 Å². The van der Waals surface area contributed by atoms with E-state index in [9.17, 15) is 8.42 Å². The average molecular weight is 317 g/mol. The topological polar surface area (TPSA) is 112 Å². The molecule has 0 atom stereocenters. The molecule has 1 aromatic rings. The Hall–Kier alpha value is -1.68. The first-order valence-corrected chi connectivity index (χ1v) is 8.41. The fourth-order valence-electron chi connectivity index (χ4n) is 1.47. The van der Waals surface area contributed by atoms with Crippen LogP contribution in [0, 0.1) is 0 Å². The maximum Gasteiger partial charge on any atom is 0.231 e. The molecule has 9 nitrogen and oxygen atoms in total. The van der Waals surface area contributed by atoms with Crippen LogP contribution in [0.3, 0.4) is 0 Å². The van der Waals surface area contributed by atoms with Gasteiger partial charge in [-0.05, 0) is 6.92 Å². The third kappa shape index (κ3) is 6.08. The van der Waals surface area contributed by atoms with Crippen molar-refractivity contribution in [2.24, 2.45) is 0 Å². The van der Waals surface area contributed by atoms with Crippen LogP contribution < -0.4 is 20.3 Å². The molecular weight excluding hydrogens is 294 g/mol. The average Bonchev–Trinajstić information content (AvgIpc) is 2.38. The Morgan fingerprint density at radius 3 is 2.14 bits per heavy atom. The lowest BCUT2D eigenvalue weighted by Gasteiger charge is -2.13. The summed E-state index contributed by atoms with van der Waals surface area (Å²) in [5.41, 5.74) is 0. The molecule has 1 heterocycles. The highest BCUT2D eigenvalue weighted by molar-refractivity contribution is 7.89. The van der Waals surface area contributed by atoms with E-state index >= 15 is 0 Å². The summed E-state index contributed by atoms with van der Waals surface area (Å²) in [6.45, 7) is 4.96. The number of hydrogen-bond donors (Lipinski definition) is 3. The summed E-state index contributed by atoms with van der Waals surface area (Å²) in [5, 5.41) is 5.92. The molecule has 120 valence electrons. The molecule has 0 bridgehead atoms. The van der Waals surface area contributed by atoms with E-state index in [1.54, 1.807) is 11.8 Å². The van der Waals surface area contributed by atoms with Gasteiger partial charge in [0.1, 0.15) is 0 Å². The van der Waals surface area contributed by atoms with Gasteiger partial charge in [0, 0.05) is 33.7 Å².